The van der Waals surface area contributed by atoms with E-state index in [2.05, 4.69) is 43.4 Å². The van der Waals surface area contributed by atoms with Crippen LogP contribution in [-0.4, -0.2) is 12.5 Å². The van der Waals surface area contributed by atoms with Gasteiger partial charge in [-0.05, 0) is 23.3 Å². The van der Waals surface area contributed by atoms with Gasteiger partial charge in [-0.2, -0.15) is 0 Å². The van der Waals surface area contributed by atoms with Gasteiger partial charge in [-0.1, -0.05) is 44.2 Å². The number of benzene rings is 1. The molecular weight excluding hydrogens is 198 g/mol. The first-order valence-electron chi connectivity index (χ1n) is 6.00. The molecular formula is C14H19NO. The third kappa shape index (κ3) is 2.26. The molecule has 1 saturated heterocycles. The lowest BCUT2D eigenvalue weighted by Gasteiger charge is -2.26. The molecule has 2 unspecified atom stereocenters. The highest BCUT2D eigenvalue weighted by atomic mass is 16.1. The molecule has 2 rings (SSSR count). The Labute approximate surface area is 97.1 Å². The third-order valence-corrected chi connectivity index (χ3v) is 3.42. The van der Waals surface area contributed by atoms with Gasteiger partial charge in [-0.25, -0.2) is 0 Å². The molecule has 1 aliphatic rings. The highest BCUT2D eigenvalue weighted by Crippen LogP contribution is 2.35. The summed E-state index contributed by atoms with van der Waals surface area (Å²) in [6.07, 6.45) is 0.678. The molecule has 2 nitrogen and oxygen atoms in total. The van der Waals surface area contributed by atoms with Crippen molar-refractivity contribution in [1.82, 2.24) is 5.32 Å². The number of hydrogen-bond donors (Lipinski definition) is 1. The van der Waals surface area contributed by atoms with Crippen molar-refractivity contribution in [3.8, 4) is 0 Å². The Morgan fingerprint density at radius 2 is 1.94 bits per heavy atom. The van der Waals surface area contributed by atoms with E-state index in [0.29, 0.717) is 24.2 Å². The van der Waals surface area contributed by atoms with Gasteiger partial charge in [-0.3, -0.25) is 4.79 Å². The van der Waals surface area contributed by atoms with Crippen molar-refractivity contribution in [3.63, 3.8) is 0 Å². The number of rotatable bonds is 3. The maximum absolute atomic E-state index is 11.3. The second-order valence-electron chi connectivity index (χ2n) is 4.95. The van der Waals surface area contributed by atoms with E-state index in [-0.39, 0.29) is 5.91 Å². The highest BCUT2D eigenvalue weighted by molar-refractivity contribution is 5.78. The number of amides is 1. The van der Waals surface area contributed by atoms with Crippen LogP contribution in [0.3, 0.4) is 0 Å². The SMILES string of the molecule is CC(C)C(c1ccccc1)C1CNC(=O)C1. The Hall–Kier alpha value is -1.31. The third-order valence-electron chi connectivity index (χ3n) is 3.42. The summed E-state index contributed by atoms with van der Waals surface area (Å²) in [4.78, 5) is 11.3. The van der Waals surface area contributed by atoms with Crippen molar-refractivity contribution in [2.45, 2.75) is 26.2 Å². The normalized spacial score (nSPS) is 22.2. The molecule has 1 aromatic carbocycles. The van der Waals surface area contributed by atoms with Crippen LogP contribution in [0.2, 0.25) is 0 Å². The zero-order valence-electron chi connectivity index (χ0n) is 9.94. The zero-order chi connectivity index (χ0) is 11.5. The molecule has 1 amide bonds. The first kappa shape index (κ1) is 11.2. The van der Waals surface area contributed by atoms with Crippen LogP contribution in [0.15, 0.2) is 30.3 Å². The minimum absolute atomic E-state index is 0.201. The van der Waals surface area contributed by atoms with Crippen LogP contribution in [-0.2, 0) is 4.79 Å². The van der Waals surface area contributed by atoms with Crippen LogP contribution in [0, 0.1) is 11.8 Å². The standard InChI is InChI=1S/C14H19NO/c1-10(2)14(11-6-4-3-5-7-11)12-8-13(16)15-9-12/h3-7,10,12,14H,8-9H2,1-2H3,(H,15,16). The fraction of sp³-hybridized carbons (Fsp3) is 0.500. The average molecular weight is 217 g/mol. The molecule has 2 heteroatoms. The van der Waals surface area contributed by atoms with E-state index in [1.54, 1.807) is 0 Å². The first-order chi connectivity index (χ1) is 7.68. The number of carbonyl (C=O) groups excluding carboxylic acids is 1. The van der Waals surface area contributed by atoms with Gasteiger partial charge >= 0.3 is 0 Å². The smallest absolute Gasteiger partial charge is 0.220 e. The maximum Gasteiger partial charge on any atom is 0.220 e. The van der Waals surface area contributed by atoms with Gasteiger partial charge in [-0.15, -0.1) is 0 Å². The monoisotopic (exact) mass is 217 g/mol. The van der Waals surface area contributed by atoms with E-state index in [4.69, 9.17) is 0 Å². The van der Waals surface area contributed by atoms with Crippen molar-refractivity contribution < 1.29 is 4.79 Å². The summed E-state index contributed by atoms with van der Waals surface area (Å²) in [5, 5.41) is 2.94. The van der Waals surface area contributed by atoms with Crippen molar-refractivity contribution in [3.05, 3.63) is 35.9 Å². The second kappa shape index (κ2) is 4.69. The molecule has 0 aromatic heterocycles. The summed E-state index contributed by atoms with van der Waals surface area (Å²) < 4.78 is 0. The van der Waals surface area contributed by atoms with Gasteiger partial charge in [0, 0.05) is 13.0 Å². The molecule has 0 saturated carbocycles. The Balaban J connectivity index is 2.21. The van der Waals surface area contributed by atoms with Crippen molar-refractivity contribution in [2.24, 2.45) is 11.8 Å². The Kier molecular flexibility index (Phi) is 3.28. The zero-order valence-corrected chi connectivity index (χ0v) is 9.94. The Morgan fingerprint density at radius 1 is 1.25 bits per heavy atom. The summed E-state index contributed by atoms with van der Waals surface area (Å²) in [6.45, 7) is 5.30. The highest BCUT2D eigenvalue weighted by Gasteiger charge is 2.31. The first-order valence-corrected chi connectivity index (χ1v) is 6.00. The van der Waals surface area contributed by atoms with E-state index in [1.165, 1.54) is 5.56 Å². The molecule has 1 N–H and O–H groups in total. The van der Waals surface area contributed by atoms with E-state index < -0.39 is 0 Å². The fourth-order valence-electron chi connectivity index (χ4n) is 2.76. The van der Waals surface area contributed by atoms with Gasteiger partial charge in [0.25, 0.3) is 0 Å². The lowest BCUT2D eigenvalue weighted by atomic mass is 9.78. The minimum Gasteiger partial charge on any atom is -0.356 e. The number of carbonyl (C=O) groups is 1. The van der Waals surface area contributed by atoms with Gasteiger partial charge in [0.15, 0.2) is 0 Å². The minimum atomic E-state index is 0.201. The van der Waals surface area contributed by atoms with E-state index >= 15 is 0 Å². The largest absolute Gasteiger partial charge is 0.356 e. The van der Waals surface area contributed by atoms with Gasteiger partial charge < -0.3 is 5.32 Å². The summed E-state index contributed by atoms with van der Waals surface area (Å²) in [5.41, 5.74) is 1.36. The molecule has 1 aromatic rings. The summed E-state index contributed by atoms with van der Waals surface area (Å²) in [7, 11) is 0. The molecule has 0 spiro atoms. The average Bonchev–Trinajstić information content (AvgIpc) is 2.66. The lowest BCUT2D eigenvalue weighted by molar-refractivity contribution is -0.119. The molecule has 1 aliphatic heterocycles. The van der Waals surface area contributed by atoms with E-state index in [1.807, 2.05) is 6.07 Å². The van der Waals surface area contributed by atoms with Gasteiger partial charge in [0.2, 0.25) is 5.91 Å². The van der Waals surface area contributed by atoms with Gasteiger partial charge in [0.05, 0.1) is 0 Å². The Morgan fingerprint density at radius 3 is 2.44 bits per heavy atom. The van der Waals surface area contributed by atoms with E-state index in [0.717, 1.165) is 6.54 Å². The quantitative estimate of drug-likeness (QED) is 0.828. The molecule has 86 valence electrons. The molecule has 0 bridgehead atoms. The van der Waals surface area contributed by atoms with Crippen LogP contribution < -0.4 is 5.32 Å². The van der Waals surface area contributed by atoms with Crippen LogP contribution in [0.5, 0.6) is 0 Å². The van der Waals surface area contributed by atoms with Crippen LogP contribution in [0.1, 0.15) is 31.7 Å². The van der Waals surface area contributed by atoms with Crippen molar-refractivity contribution >= 4 is 5.91 Å². The number of hydrogen-bond acceptors (Lipinski definition) is 1. The Bertz CT molecular complexity index is 358. The predicted octanol–water partition coefficient (Wildman–Crippen LogP) is 2.56. The van der Waals surface area contributed by atoms with Crippen LogP contribution >= 0.6 is 0 Å². The van der Waals surface area contributed by atoms with Crippen molar-refractivity contribution in [1.29, 1.82) is 0 Å². The predicted molar refractivity (Wildman–Crippen MR) is 65.1 cm³/mol. The summed E-state index contributed by atoms with van der Waals surface area (Å²) >= 11 is 0. The molecule has 16 heavy (non-hydrogen) atoms. The maximum atomic E-state index is 11.3. The summed E-state index contributed by atoms with van der Waals surface area (Å²) in [5.74, 6) is 1.71. The van der Waals surface area contributed by atoms with Crippen LogP contribution in [0.25, 0.3) is 0 Å². The van der Waals surface area contributed by atoms with E-state index in [9.17, 15) is 4.79 Å². The second-order valence-corrected chi connectivity index (χ2v) is 4.95. The molecule has 1 fully saturated rings. The molecule has 0 aliphatic carbocycles. The molecule has 2 atom stereocenters. The molecule has 1 heterocycles. The number of nitrogens with one attached hydrogen (secondary N) is 1. The lowest BCUT2D eigenvalue weighted by Crippen LogP contribution is -2.21. The van der Waals surface area contributed by atoms with Crippen molar-refractivity contribution in [2.75, 3.05) is 6.54 Å². The van der Waals surface area contributed by atoms with Crippen LogP contribution in [0.4, 0.5) is 0 Å². The fourth-order valence-corrected chi connectivity index (χ4v) is 2.76. The topological polar surface area (TPSA) is 29.1 Å². The molecule has 0 radical (unpaired) electrons. The van der Waals surface area contributed by atoms with Gasteiger partial charge in [0.1, 0.15) is 0 Å². The summed E-state index contributed by atoms with van der Waals surface area (Å²) in [6, 6.07) is 10.5.